The van der Waals surface area contributed by atoms with Gasteiger partial charge in [-0.3, -0.25) is 14.9 Å². The number of hydrogen-bond acceptors (Lipinski definition) is 5. The summed E-state index contributed by atoms with van der Waals surface area (Å²) >= 11 is 0. The Hall–Kier alpha value is -2.42. The fourth-order valence-corrected chi connectivity index (χ4v) is 1.88. The second-order valence-electron chi connectivity index (χ2n) is 3.84. The maximum atomic E-state index is 11.5. The van der Waals surface area contributed by atoms with Crippen molar-refractivity contribution in [3.05, 3.63) is 38.9 Å². The predicted molar refractivity (Wildman–Crippen MR) is 67.5 cm³/mol. The Labute approximate surface area is 110 Å². The lowest BCUT2D eigenvalue weighted by atomic mass is 9.97. The molecule has 0 atom stereocenters. The van der Waals surface area contributed by atoms with E-state index in [1.54, 1.807) is 13.8 Å². The summed E-state index contributed by atoms with van der Waals surface area (Å²) in [5.41, 5.74) is 0.993. The van der Waals surface area contributed by atoms with Crippen molar-refractivity contribution >= 4 is 11.7 Å². The third kappa shape index (κ3) is 3.52. The van der Waals surface area contributed by atoms with Gasteiger partial charge in [0.15, 0.2) is 0 Å². The molecule has 0 radical (unpaired) electrons. The van der Waals surface area contributed by atoms with E-state index in [4.69, 9.17) is 10.00 Å². The van der Waals surface area contributed by atoms with Crippen molar-refractivity contribution < 1.29 is 14.5 Å². The number of ether oxygens (including phenoxy) is 1. The van der Waals surface area contributed by atoms with Crippen LogP contribution in [-0.2, 0) is 22.4 Å². The molecule has 19 heavy (non-hydrogen) atoms. The third-order valence-electron chi connectivity index (χ3n) is 2.64. The van der Waals surface area contributed by atoms with E-state index in [0.717, 1.165) is 0 Å². The summed E-state index contributed by atoms with van der Waals surface area (Å²) in [6, 6.07) is 4.60. The van der Waals surface area contributed by atoms with Crippen molar-refractivity contribution in [3.63, 3.8) is 0 Å². The average molecular weight is 262 g/mol. The molecule has 0 saturated carbocycles. The lowest BCUT2D eigenvalue weighted by molar-refractivity contribution is -0.385. The quantitative estimate of drug-likeness (QED) is 0.460. The van der Waals surface area contributed by atoms with Gasteiger partial charge in [0, 0.05) is 11.6 Å². The van der Waals surface area contributed by atoms with E-state index in [1.807, 2.05) is 6.07 Å². The van der Waals surface area contributed by atoms with Crippen LogP contribution < -0.4 is 0 Å². The van der Waals surface area contributed by atoms with Gasteiger partial charge in [-0.25, -0.2) is 0 Å². The highest BCUT2D eigenvalue weighted by molar-refractivity contribution is 5.74. The maximum Gasteiger partial charge on any atom is 0.310 e. The lowest BCUT2D eigenvalue weighted by Crippen LogP contribution is -2.10. The molecule has 100 valence electrons. The first-order valence-electron chi connectivity index (χ1n) is 5.89. The van der Waals surface area contributed by atoms with Gasteiger partial charge in [-0.1, -0.05) is 6.92 Å². The third-order valence-corrected chi connectivity index (χ3v) is 2.64. The van der Waals surface area contributed by atoms with Gasteiger partial charge in [-0.15, -0.1) is 0 Å². The van der Waals surface area contributed by atoms with Crippen LogP contribution in [0.15, 0.2) is 12.1 Å². The number of benzene rings is 1. The van der Waals surface area contributed by atoms with E-state index in [0.29, 0.717) is 17.5 Å². The summed E-state index contributed by atoms with van der Waals surface area (Å²) in [5, 5.41) is 19.9. The highest BCUT2D eigenvalue weighted by Gasteiger charge is 2.20. The molecule has 0 N–H and O–H groups in total. The Morgan fingerprint density at radius 3 is 2.63 bits per heavy atom. The maximum absolute atomic E-state index is 11.5. The van der Waals surface area contributed by atoms with E-state index in [2.05, 4.69) is 0 Å². The van der Waals surface area contributed by atoms with Crippen molar-refractivity contribution in [2.75, 3.05) is 6.61 Å². The number of nitriles is 1. The molecule has 0 saturated heterocycles. The molecule has 0 aliphatic rings. The van der Waals surface area contributed by atoms with Gasteiger partial charge in [0.1, 0.15) is 0 Å². The number of carbonyl (C=O) groups excluding carboxylic acids is 1. The minimum Gasteiger partial charge on any atom is -0.466 e. The molecule has 1 aromatic carbocycles. The molecule has 1 aromatic rings. The summed E-state index contributed by atoms with van der Waals surface area (Å²) in [4.78, 5) is 21.9. The van der Waals surface area contributed by atoms with Crippen molar-refractivity contribution in [2.24, 2.45) is 0 Å². The smallest absolute Gasteiger partial charge is 0.310 e. The second kappa shape index (κ2) is 6.50. The van der Waals surface area contributed by atoms with Crippen LogP contribution in [0.25, 0.3) is 0 Å². The summed E-state index contributed by atoms with van der Waals surface area (Å²) in [5.74, 6) is -0.457. The van der Waals surface area contributed by atoms with E-state index < -0.39 is 10.9 Å². The monoisotopic (exact) mass is 262 g/mol. The van der Waals surface area contributed by atoms with Crippen LogP contribution in [0.1, 0.15) is 30.5 Å². The van der Waals surface area contributed by atoms with Crippen LogP contribution in [0.4, 0.5) is 5.69 Å². The van der Waals surface area contributed by atoms with Gasteiger partial charge in [0.05, 0.1) is 29.6 Å². The Bertz CT molecular complexity index is 546. The number of nitro benzene ring substituents is 1. The standard InChI is InChI=1S/C13H14N2O4/c1-3-11-10(7-13(16)19-4-2)5-9(8-14)6-12(11)15(17)18/h5-6H,3-4,7H2,1-2H3. The lowest BCUT2D eigenvalue weighted by Gasteiger charge is -2.09. The molecule has 6 heteroatoms. The summed E-state index contributed by atoms with van der Waals surface area (Å²) in [6.45, 7) is 3.70. The molecule has 0 aliphatic carbocycles. The number of rotatable bonds is 5. The molecule has 0 spiro atoms. The zero-order valence-corrected chi connectivity index (χ0v) is 10.8. The molecule has 0 bridgehead atoms. The summed E-state index contributed by atoms with van der Waals surface area (Å²) in [7, 11) is 0. The minimum atomic E-state index is -0.533. The topological polar surface area (TPSA) is 93.2 Å². The molecule has 0 aromatic heterocycles. The highest BCUT2D eigenvalue weighted by Crippen LogP contribution is 2.25. The number of carbonyl (C=O) groups is 1. The Morgan fingerprint density at radius 2 is 2.16 bits per heavy atom. The molecule has 0 heterocycles. The van der Waals surface area contributed by atoms with Crippen LogP contribution in [0.2, 0.25) is 0 Å². The van der Waals surface area contributed by atoms with Crippen LogP contribution in [0.5, 0.6) is 0 Å². The van der Waals surface area contributed by atoms with E-state index in [9.17, 15) is 14.9 Å². The molecule has 0 aliphatic heterocycles. The first-order chi connectivity index (χ1) is 9.03. The summed E-state index contributed by atoms with van der Waals surface area (Å²) in [6.07, 6.45) is 0.351. The number of hydrogen-bond donors (Lipinski definition) is 0. The first kappa shape index (κ1) is 14.6. The Balaban J connectivity index is 3.28. The minimum absolute atomic E-state index is 0.0621. The number of esters is 1. The van der Waals surface area contributed by atoms with Gasteiger partial charge >= 0.3 is 5.97 Å². The van der Waals surface area contributed by atoms with Gasteiger partial charge in [0.25, 0.3) is 5.69 Å². The zero-order chi connectivity index (χ0) is 14.4. The molecule has 0 unspecified atom stereocenters. The summed E-state index contributed by atoms with van der Waals surface area (Å²) < 4.78 is 4.83. The van der Waals surface area contributed by atoms with Crippen molar-refractivity contribution in [1.29, 1.82) is 5.26 Å². The fourth-order valence-electron chi connectivity index (χ4n) is 1.88. The van der Waals surface area contributed by atoms with E-state index in [1.165, 1.54) is 12.1 Å². The number of nitrogens with zero attached hydrogens (tertiary/aromatic N) is 2. The number of nitro groups is 1. The van der Waals surface area contributed by atoms with Crippen molar-refractivity contribution in [3.8, 4) is 6.07 Å². The SMILES string of the molecule is CCOC(=O)Cc1cc(C#N)cc([N+](=O)[O-])c1CC. The molecule has 0 amide bonds. The van der Waals surface area contributed by atoms with Crippen LogP contribution in [-0.4, -0.2) is 17.5 Å². The predicted octanol–water partition coefficient (Wildman–Crippen LogP) is 2.13. The molecular weight excluding hydrogens is 248 g/mol. The van der Waals surface area contributed by atoms with Crippen molar-refractivity contribution in [1.82, 2.24) is 0 Å². The van der Waals surface area contributed by atoms with Crippen LogP contribution in [0, 0.1) is 21.4 Å². The van der Waals surface area contributed by atoms with Gasteiger partial charge in [0.2, 0.25) is 0 Å². The average Bonchev–Trinajstić information content (AvgIpc) is 2.37. The molecule has 0 fully saturated rings. The largest absolute Gasteiger partial charge is 0.466 e. The normalized spacial score (nSPS) is 9.74. The van der Waals surface area contributed by atoms with Crippen LogP contribution in [0.3, 0.4) is 0 Å². The Morgan fingerprint density at radius 1 is 1.47 bits per heavy atom. The van der Waals surface area contributed by atoms with Crippen LogP contribution >= 0.6 is 0 Å². The zero-order valence-electron chi connectivity index (χ0n) is 10.8. The van der Waals surface area contributed by atoms with E-state index in [-0.39, 0.29) is 24.3 Å². The molecule has 1 rings (SSSR count). The van der Waals surface area contributed by atoms with Crippen molar-refractivity contribution in [2.45, 2.75) is 26.7 Å². The van der Waals surface area contributed by atoms with Gasteiger partial charge in [-0.05, 0) is 25.0 Å². The van der Waals surface area contributed by atoms with E-state index >= 15 is 0 Å². The first-order valence-corrected chi connectivity index (χ1v) is 5.89. The fraction of sp³-hybridized carbons (Fsp3) is 0.385. The Kier molecular flexibility index (Phi) is 5.01. The van der Waals surface area contributed by atoms with Gasteiger partial charge < -0.3 is 4.74 Å². The molecule has 6 nitrogen and oxygen atoms in total. The highest BCUT2D eigenvalue weighted by atomic mass is 16.6. The molecular formula is C13H14N2O4. The second-order valence-corrected chi connectivity index (χ2v) is 3.84. The van der Waals surface area contributed by atoms with Gasteiger partial charge in [-0.2, -0.15) is 5.26 Å².